The zero-order chi connectivity index (χ0) is 29.5. The molecular weight excluding hydrogens is 520 g/mol. The zero-order valence-electron chi connectivity index (χ0n) is 26.0. The summed E-state index contributed by atoms with van der Waals surface area (Å²) in [5, 5.41) is 0. The molecule has 0 aromatic heterocycles. The van der Waals surface area contributed by atoms with Crippen LogP contribution in [-0.4, -0.2) is 65.0 Å². The van der Waals surface area contributed by atoms with Gasteiger partial charge in [-0.2, -0.15) is 0 Å². The summed E-state index contributed by atoms with van der Waals surface area (Å²) >= 11 is 0. The summed E-state index contributed by atoms with van der Waals surface area (Å²) in [5.74, 6) is 0.0999. The van der Waals surface area contributed by atoms with Gasteiger partial charge >= 0.3 is 0 Å². The molecule has 0 aliphatic carbocycles. The van der Waals surface area contributed by atoms with Gasteiger partial charge in [0.05, 0.1) is 18.3 Å². The van der Waals surface area contributed by atoms with Gasteiger partial charge in [-0.3, -0.25) is 14.6 Å². The van der Waals surface area contributed by atoms with Crippen molar-refractivity contribution in [2.24, 2.45) is 0 Å². The summed E-state index contributed by atoms with van der Waals surface area (Å²) in [4.78, 5) is 24.3. The molecule has 1 unspecified atom stereocenters. The van der Waals surface area contributed by atoms with Gasteiger partial charge in [0.15, 0.2) is 0 Å². The summed E-state index contributed by atoms with van der Waals surface area (Å²) in [6, 6.07) is 28.5. The minimum Gasteiger partial charge on any atom is -0.350 e. The van der Waals surface area contributed by atoms with Crippen LogP contribution in [0.4, 0.5) is 5.69 Å². The highest BCUT2D eigenvalue weighted by Gasteiger charge is 2.47. The molecule has 0 radical (unpaired) electrons. The third-order valence-corrected chi connectivity index (χ3v) is 9.67. The number of ether oxygens (including phenoxy) is 1. The molecule has 6 rings (SSSR count). The van der Waals surface area contributed by atoms with E-state index in [0.29, 0.717) is 6.04 Å². The minimum atomic E-state index is -0.323. The predicted octanol–water partition coefficient (Wildman–Crippen LogP) is 7.02. The Morgan fingerprint density at radius 2 is 1.52 bits per heavy atom. The Morgan fingerprint density at radius 1 is 0.881 bits per heavy atom. The van der Waals surface area contributed by atoms with E-state index in [1.54, 1.807) is 0 Å². The lowest BCUT2D eigenvalue weighted by molar-refractivity contribution is 0.00445. The molecule has 0 saturated carbocycles. The van der Waals surface area contributed by atoms with Gasteiger partial charge in [-0.15, -0.1) is 0 Å². The highest BCUT2D eigenvalue weighted by Crippen LogP contribution is 2.47. The predicted molar refractivity (Wildman–Crippen MR) is 169 cm³/mol. The molecule has 3 saturated heterocycles. The summed E-state index contributed by atoms with van der Waals surface area (Å²) in [7, 11) is 2.13. The first-order valence-electron chi connectivity index (χ1n) is 15.7. The first-order valence-corrected chi connectivity index (χ1v) is 15.7. The van der Waals surface area contributed by atoms with Crippen LogP contribution in [0.2, 0.25) is 0 Å². The molecule has 0 spiro atoms. The van der Waals surface area contributed by atoms with Crippen molar-refractivity contribution in [3.05, 3.63) is 101 Å². The second kappa shape index (κ2) is 11.8. The normalized spacial score (nSPS) is 26.4. The quantitative estimate of drug-likeness (QED) is 0.307. The monoisotopic (exact) mass is 566 g/mol. The van der Waals surface area contributed by atoms with E-state index < -0.39 is 0 Å². The Bertz CT molecular complexity index is 1370. The summed E-state index contributed by atoms with van der Waals surface area (Å²) < 4.78 is 6.90. The molecule has 0 bridgehead atoms. The number of para-hydroxylation sites is 1. The van der Waals surface area contributed by atoms with Crippen LogP contribution in [0.15, 0.2) is 78.9 Å². The second-order valence-electron chi connectivity index (χ2n) is 12.9. The molecule has 1 amide bonds. The lowest BCUT2D eigenvalue weighted by atomic mass is 9.88. The molecule has 3 heterocycles. The molecule has 5 atom stereocenters. The van der Waals surface area contributed by atoms with Crippen LogP contribution < -0.4 is 4.90 Å². The summed E-state index contributed by atoms with van der Waals surface area (Å²) in [6.07, 6.45) is 1.94. The number of benzene rings is 3. The number of anilines is 1. The van der Waals surface area contributed by atoms with Crippen molar-refractivity contribution in [1.82, 2.24) is 14.7 Å². The number of carbonyl (C=O) groups is 1. The highest BCUT2D eigenvalue weighted by molar-refractivity contribution is 5.98. The SMILES string of the molecule is CC(C)N(C(=O)c1c(C2[C@H]3CCCN3CN2c2ccccc2)cccc1[C@H]1O[C@@H](c2ccccc2)[C@@H](C)N1C)C(C)C. The van der Waals surface area contributed by atoms with Crippen molar-refractivity contribution < 1.29 is 9.53 Å². The number of hydrogen-bond donors (Lipinski definition) is 0. The molecule has 6 nitrogen and oxygen atoms in total. The maximum Gasteiger partial charge on any atom is 0.255 e. The topological polar surface area (TPSA) is 39.3 Å². The average molecular weight is 567 g/mol. The number of nitrogens with zero attached hydrogens (tertiary/aromatic N) is 4. The standard InChI is InChI=1S/C36H46N4O2/c1-24(2)40(25(3)4)35(41)32-29(33-31-21-14-22-38(31)23-39(33)28-17-11-8-12-18-28)19-13-20-30(32)36-37(6)26(5)34(42-36)27-15-9-7-10-16-27/h7-13,15-20,24-26,31,33-34,36H,14,21-23H2,1-6H3/t26-,31-,33?,34-,36-/m1/s1. The van der Waals surface area contributed by atoms with E-state index >= 15 is 0 Å². The Balaban J connectivity index is 1.50. The number of hydrogen-bond acceptors (Lipinski definition) is 5. The number of rotatable bonds is 7. The molecule has 0 N–H and O–H groups in total. The smallest absolute Gasteiger partial charge is 0.255 e. The Labute approximate surface area is 251 Å². The fourth-order valence-corrected chi connectivity index (χ4v) is 7.66. The molecule has 6 heteroatoms. The van der Waals surface area contributed by atoms with E-state index in [1.165, 1.54) is 17.7 Å². The van der Waals surface area contributed by atoms with E-state index in [-0.39, 0.29) is 42.4 Å². The van der Waals surface area contributed by atoms with Crippen LogP contribution in [0.1, 0.15) is 92.9 Å². The van der Waals surface area contributed by atoms with Gasteiger partial charge in [0.1, 0.15) is 12.3 Å². The van der Waals surface area contributed by atoms with E-state index in [0.717, 1.165) is 36.3 Å². The van der Waals surface area contributed by atoms with Gasteiger partial charge in [-0.1, -0.05) is 66.7 Å². The van der Waals surface area contributed by atoms with Crippen LogP contribution in [0, 0.1) is 0 Å². The van der Waals surface area contributed by atoms with Crippen LogP contribution in [0.25, 0.3) is 0 Å². The van der Waals surface area contributed by atoms with Crippen molar-refractivity contribution >= 4 is 11.6 Å². The first-order chi connectivity index (χ1) is 20.3. The number of carbonyl (C=O) groups excluding carboxylic acids is 1. The highest BCUT2D eigenvalue weighted by atomic mass is 16.5. The van der Waals surface area contributed by atoms with Gasteiger partial charge < -0.3 is 14.5 Å². The zero-order valence-corrected chi connectivity index (χ0v) is 26.0. The molecule has 3 aliphatic rings. The van der Waals surface area contributed by atoms with E-state index in [2.05, 4.69) is 129 Å². The molecule has 222 valence electrons. The van der Waals surface area contributed by atoms with E-state index in [4.69, 9.17) is 4.74 Å². The third kappa shape index (κ3) is 5.04. The van der Waals surface area contributed by atoms with Crippen LogP contribution >= 0.6 is 0 Å². The minimum absolute atomic E-state index is 0.0725. The number of likely N-dealkylation sites (N-methyl/N-ethyl adjacent to an activating group) is 1. The Morgan fingerprint density at radius 3 is 2.19 bits per heavy atom. The van der Waals surface area contributed by atoms with Crippen molar-refractivity contribution in [2.75, 3.05) is 25.2 Å². The van der Waals surface area contributed by atoms with Crippen molar-refractivity contribution in [3.8, 4) is 0 Å². The lowest BCUT2D eigenvalue weighted by Gasteiger charge is -2.36. The van der Waals surface area contributed by atoms with Gasteiger partial charge in [-0.05, 0) is 77.8 Å². The fraction of sp³-hybridized carbons (Fsp3) is 0.472. The molecule has 3 aromatic carbocycles. The van der Waals surface area contributed by atoms with E-state index in [1.807, 2.05) is 11.0 Å². The van der Waals surface area contributed by atoms with Crippen LogP contribution in [0.3, 0.4) is 0 Å². The first kappa shape index (κ1) is 28.9. The van der Waals surface area contributed by atoms with Gasteiger partial charge in [0, 0.05) is 42.0 Å². The van der Waals surface area contributed by atoms with Crippen molar-refractivity contribution in [3.63, 3.8) is 0 Å². The Hall–Kier alpha value is -3.19. The van der Waals surface area contributed by atoms with Gasteiger partial charge in [0.25, 0.3) is 5.91 Å². The van der Waals surface area contributed by atoms with Crippen LogP contribution in [0.5, 0.6) is 0 Å². The molecular formula is C36H46N4O2. The van der Waals surface area contributed by atoms with E-state index in [9.17, 15) is 4.79 Å². The maximum absolute atomic E-state index is 14.9. The fourth-order valence-electron chi connectivity index (χ4n) is 7.66. The lowest BCUT2D eigenvalue weighted by Crippen LogP contribution is -2.44. The van der Waals surface area contributed by atoms with Gasteiger partial charge in [-0.25, -0.2) is 0 Å². The molecule has 3 fully saturated rings. The molecule has 3 aliphatic heterocycles. The van der Waals surface area contributed by atoms with Gasteiger partial charge in [0.2, 0.25) is 0 Å². The third-order valence-electron chi connectivity index (χ3n) is 9.67. The second-order valence-corrected chi connectivity index (χ2v) is 12.9. The average Bonchev–Trinajstić information content (AvgIpc) is 3.67. The Kier molecular flexibility index (Phi) is 8.14. The van der Waals surface area contributed by atoms with Crippen molar-refractivity contribution in [1.29, 1.82) is 0 Å². The molecule has 42 heavy (non-hydrogen) atoms. The molecule has 3 aromatic rings. The number of amides is 1. The largest absolute Gasteiger partial charge is 0.350 e. The number of fused-ring (bicyclic) bond motifs is 1. The summed E-state index contributed by atoms with van der Waals surface area (Å²) in [5.41, 5.74) is 5.28. The van der Waals surface area contributed by atoms with Crippen LogP contribution in [-0.2, 0) is 4.74 Å². The maximum atomic E-state index is 14.9. The van der Waals surface area contributed by atoms with Crippen molar-refractivity contribution in [2.45, 2.75) is 90.0 Å². The summed E-state index contributed by atoms with van der Waals surface area (Å²) in [6.45, 7) is 12.7.